The predicted octanol–water partition coefficient (Wildman–Crippen LogP) is 1.52. The topological polar surface area (TPSA) is 23.8 Å². The molecule has 1 nitrogen and oxygen atoms in total. The van der Waals surface area contributed by atoms with Crippen LogP contribution in [0.2, 0.25) is 0 Å². The van der Waals surface area contributed by atoms with E-state index in [0.29, 0.717) is 0 Å². The average Bonchev–Trinajstić information content (AvgIpc) is 1.65. The molecule has 0 radical (unpaired) electrons. The Hall–Kier alpha value is -0.130. The van der Waals surface area contributed by atoms with Gasteiger partial charge in [-0.05, 0) is 5.41 Å². The minimum absolute atomic E-state index is 0.110. The van der Waals surface area contributed by atoms with Crippen LogP contribution >= 0.6 is 24.2 Å². The summed E-state index contributed by atoms with van der Waals surface area (Å²) >= 11 is 8.65. The van der Waals surface area contributed by atoms with E-state index in [1.54, 1.807) is 6.07 Å². The Morgan fingerprint density at radius 3 is 2.50 bits per heavy atom. The van der Waals surface area contributed by atoms with Crippen LogP contribution in [0.25, 0.3) is 0 Å². The monoisotopic (exact) mass is 119 g/mol. The fourth-order valence-corrected chi connectivity index (χ4v) is 0.0866. The summed E-state index contributed by atoms with van der Waals surface area (Å²) in [7, 11) is 0. The van der Waals surface area contributed by atoms with Crippen LogP contribution in [-0.2, 0) is 0 Å². The number of halogens is 1. The molecule has 3 heteroatoms. The van der Waals surface area contributed by atoms with Gasteiger partial charge in [0.2, 0.25) is 0 Å². The van der Waals surface area contributed by atoms with Crippen molar-refractivity contribution in [2.75, 3.05) is 0 Å². The third-order valence-corrected chi connectivity index (χ3v) is 0.824. The van der Waals surface area contributed by atoms with E-state index in [4.69, 9.17) is 16.9 Å². The molecule has 0 aromatic rings. The van der Waals surface area contributed by atoms with Crippen molar-refractivity contribution >= 4 is 24.2 Å². The molecule has 0 aromatic heterocycles. The fourth-order valence-electron chi connectivity index (χ4n) is 0.0289. The summed E-state index contributed by atoms with van der Waals surface area (Å²) in [4.78, 5) is 0. The number of nitrogens with zero attached hydrogens (tertiary/aromatic N) is 1. The standard InChI is InChI=1S/C3H2ClNS/c4-3(1-5)2-6/h2,6H/b3-2-. The molecule has 0 unspecified atom stereocenters. The van der Waals surface area contributed by atoms with E-state index in [2.05, 4.69) is 12.6 Å². The van der Waals surface area contributed by atoms with Gasteiger partial charge >= 0.3 is 0 Å². The van der Waals surface area contributed by atoms with E-state index < -0.39 is 0 Å². The zero-order valence-electron chi connectivity index (χ0n) is 2.85. The van der Waals surface area contributed by atoms with E-state index in [-0.39, 0.29) is 5.03 Å². The first-order valence-corrected chi connectivity index (χ1v) is 2.10. The van der Waals surface area contributed by atoms with E-state index in [0.717, 1.165) is 0 Å². The summed E-state index contributed by atoms with van der Waals surface area (Å²) in [6, 6.07) is 1.66. The van der Waals surface area contributed by atoms with Crippen molar-refractivity contribution in [3.05, 3.63) is 10.4 Å². The van der Waals surface area contributed by atoms with Crippen LogP contribution in [0.5, 0.6) is 0 Å². The lowest BCUT2D eigenvalue weighted by atomic mass is 10.7. The second-order valence-corrected chi connectivity index (χ2v) is 1.25. The first-order valence-electron chi connectivity index (χ1n) is 1.21. The van der Waals surface area contributed by atoms with Crippen LogP contribution in [0.1, 0.15) is 0 Å². The Labute approximate surface area is 46.6 Å². The molecule has 0 aliphatic heterocycles. The third kappa shape index (κ3) is 2.13. The normalized spacial score (nSPS) is 10.5. The van der Waals surface area contributed by atoms with Gasteiger partial charge in [0.25, 0.3) is 0 Å². The maximum Gasteiger partial charge on any atom is 0.124 e. The molecule has 0 fully saturated rings. The Bertz CT molecular complexity index is 102. The molecule has 0 saturated carbocycles. The Morgan fingerprint density at radius 1 is 2.00 bits per heavy atom. The lowest BCUT2D eigenvalue weighted by molar-refractivity contribution is 1.53. The molecule has 0 aliphatic carbocycles. The highest BCUT2D eigenvalue weighted by Crippen LogP contribution is 1.97. The molecular formula is C3H2ClNS. The highest BCUT2D eigenvalue weighted by Gasteiger charge is 1.76. The lowest BCUT2D eigenvalue weighted by Crippen LogP contribution is -1.50. The number of allylic oxidation sites excluding steroid dienone is 1. The van der Waals surface area contributed by atoms with Crippen molar-refractivity contribution in [3.63, 3.8) is 0 Å². The third-order valence-electron chi connectivity index (χ3n) is 0.220. The molecule has 0 spiro atoms. The molecule has 0 N–H and O–H groups in total. The molecule has 32 valence electrons. The lowest BCUT2D eigenvalue weighted by Gasteiger charge is -1.66. The van der Waals surface area contributed by atoms with Gasteiger partial charge in [0.05, 0.1) is 0 Å². The second-order valence-electron chi connectivity index (χ2n) is 0.589. The van der Waals surface area contributed by atoms with Gasteiger partial charge in [0, 0.05) is 0 Å². The van der Waals surface area contributed by atoms with Crippen molar-refractivity contribution in [2.45, 2.75) is 0 Å². The minimum Gasteiger partial charge on any atom is -0.191 e. The first kappa shape index (κ1) is 5.87. The molecule has 0 rings (SSSR count). The second kappa shape index (κ2) is 3.08. The maximum atomic E-state index is 7.84. The van der Waals surface area contributed by atoms with E-state index in [1.165, 1.54) is 5.41 Å². The molecular weight excluding hydrogens is 118 g/mol. The van der Waals surface area contributed by atoms with E-state index in [9.17, 15) is 0 Å². The van der Waals surface area contributed by atoms with Gasteiger partial charge in [-0.3, -0.25) is 0 Å². The van der Waals surface area contributed by atoms with Crippen LogP contribution in [0.3, 0.4) is 0 Å². The van der Waals surface area contributed by atoms with Crippen molar-refractivity contribution in [1.29, 1.82) is 5.26 Å². The van der Waals surface area contributed by atoms with Crippen LogP contribution in [0, 0.1) is 11.3 Å². The zero-order valence-corrected chi connectivity index (χ0v) is 4.50. The molecule has 0 heterocycles. The Balaban J connectivity index is 3.61. The summed E-state index contributed by atoms with van der Waals surface area (Å²) in [5.41, 5.74) is 0. The van der Waals surface area contributed by atoms with Gasteiger partial charge in [-0.25, -0.2) is 0 Å². The van der Waals surface area contributed by atoms with Gasteiger partial charge in [0.15, 0.2) is 0 Å². The van der Waals surface area contributed by atoms with Crippen LogP contribution in [0.15, 0.2) is 10.4 Å². The van der Waals surface area contributed by atoms with E-state index >= 15 is 0 Å². The van der Waals surface area contributed by atoms with Crippen molar-refractivity contribution < 1.29 is 0 Å². The Morgan fingerprint density at radius 2 is 2.50 bits per heavy atom. The summed E-state index contributed by atoms with van der Waals surface area (Å²) in [5, 5.41) is 9.18. The highest BCUT2D eigenvalue weighted by molar-refractivity contribution is 7.83. The first-order chi connectivity index (χ1) is 2.81. The molecule has 0 aromatic carbocycles. The number of nitriles is 1. The van der Waals surface area contributed by atoms with Gasteiger partial charge < -0.3 is 0 Å². The Kier molecular flexibility index (Phi) is 3.01. The van der Waals surface area contributed by atoms with E-state index in [1.807, 2.05) is 0 Å². The van der Waals surface area contributed by atoms with Crippen molar-refractivity contribution in [3.8, 4) is 6.07 Å². The van der Waals surface area contributed by atoms with Crippen molar-refractivity contribution in [2.24, 2.45) is 0 Å². The number of hydrogen-bond donors (Lipinski definition) is 1. The smallest absolute Gasteiger partial charge is 0.124 e. The SMILES string of the molecule is N#C/C(Cl)=C/S. The average molecular weight is 120 g/mol. The minimum atomic E-state index is 0.110. The maximum absolute atomic E-state index is 7.84. The summed E-state index contributed by atoms with van der Waals surface area (Å²) in [5.74, 6) is 0. The summed E-state index contributed by atoms with van der Waals surface area (Å²) < 4.78 is 0. The van der Waals surface area contributed by atoms with Crippen molar-refractivity contribution in [1.82, 2.24) is 0 Å². The largest absolute Gasteiger partial charge is 0.191 e. The molecule has 0 bridgehead atoms. The molecule has 0 atom stereocenters. The summed E-state index contributed by atoms with van der Waals surface area (Å²) in [6.07, 6.45) is 0. The highest BCUT2D eigenvalue weighted by atomic mass is 35.5. The van der Waals surface area contributed by atoms with Crippen LogP contribution in [-0.4, -0.2) is 0 Å². The molecule has 6 heavy (non-hydrogen) atoms. The molecule has 0 amide bonds. The van der Waals surface area contributed by atoms with Crippen LogP contribution < -0.4 is 0 Å². The molecule has 0 aliphatic rings. The van der Waals surface area contributed by atoms with Gasteiger partial charge in [-0.15, -0.1) is 12.6 Å². The van der Waals surface area contributed by atoms with Gasteiger partial charge in [-0.1, -0.05) is 11.6 Å². The number of thiol groups is 1. The van der Waals surface area contributed by atoms with Gasteiger partial charge in [-0.2, -0.15) is 5.26 Å². The number of rotatable bonds is 0. The quantitative estimate of drug-likeness (QED) is 0.379. The molecule has 0 saturated heterocycles. The zero-order chi connectivity index (χ0) is 4.99. The van der Waals surface area contributed by atoms with Gasteiger partial charge in [0.1, 0.15) is 11.1 Å². The predicted molar refractivity (Wildman–Crippen MR) is 28.5 cm³/mol. The fraction of sp³-hybridized carbons (Fsp3) is 0. The van der Waals surface area contributed by atoms with Crippen LogP contribution in [0.4, 0.5) is 0 Å². The number of hydrogen-bond acceptors (Lipinski definition) is 2. The summed E-state index contributed by atoms with van der Waals surface area (Å²) in [6.45, 7) is 0.